The van der Waals surface area contributed by atoms with Gasteiger partial charge in [-0.3, -0.25) is 4.79 Å². The highest BCUT2D eigenvalue weighted by atomic mass is 35.5. The van der Waals surface area contributed by atoms with E-state index in [1.165, 1.54) is 29.3 Å². The summed E-state index contributed by atoms with van der Waals surface area (Å²) in [5, 5.41) is 6.85. The maximum atomic E-state index is 12.9. The summed E-state index contributed by atoms with van der Waals surface area (Å²) < 4.78 is 24.8. The minimum atomic E-state index is -0.440. The summed E-state index contributed by atoms with van der Waals surface area (Å²) in [6.45, 7) is 0.0575. The maximum absolute atomic E-state index is 12.9. The van der Waals surface area contributed by atoms with Crippen LogP contribution in [0.4, 0.5) is 10.1 Å². The highest BCUT2D eigenvalue weighted by Crippen LogP contribution is 2.25. The van der Waals surface area contributed by atoms with Gasteiger partial charge in [0.25, 0.3) is 5.91 Å². The summed E-state index contributed by atoms with van der Waals surface area (Å²) in [7, 11) is 0. The number of nitrogens with zero attached hydrogens (tertiary/aromatic N) is 2. The zero-order valence-corrected chi connectivity index (χ0v) is 12.5. The lowest BCUT2D eigenvalue weighted by molar-refractivity contribution is 0.0996. The molecule has 0 aliphatic carbocycles. The Hall–Kier alpha value is -2.80. The van der Waals surface area contributed by atoms with Gasteiger partial charge >= 0.3 is 0 Å². The van der Waals surface area contributed by atoms with Crippen LogP contribution in [0.3, 0.4) is 0 Å². The Morgan fingerprint density at radius 3 is 3.04 bits per heavy atom. The number of nitrogens with one attached hydrogen (secondary N) is 1. The Morgan fingerprint density at radius 1 is 1.43 bits per heavy atom. The van der Waals surface area contributed by atoms with Crippen molar-refractivity contribution in [2.24, 2.45) is 0 Å². The Labute approximate surface area is 135 Å². The maximum Gasteiger partial charge on any atom is 0.291 e. The summed E-state index contributed by atoms with van der Waals surface area (Å²) >= 11 is 5.86. The number of carbonyl (C=O) groups is 1. The number of ether oxygens (including phenoxy) is 1. The van der Waals surface area contributed by atoms with Gasteiger partial charge in [0.1, 0.15) is 11.6 Å². The van der Waals surface area contributed by atoms with Crippen molar-refractivity contribution in [3.63, 3.8) is 0 Å². The number of rotatable bonds is 5. The van der Waals surface area contributed by atoms with Crippen LogP contribution in [0.15, 0.2) is 53.4 Å². The van der Waals surface area contributed by atoms with Crippen LogP contribution in [0.2, 0.25) is 5.02 Å². The quantitative estimate of drug-likeness (QED) is 0.774. The lowest BCUT2D eigenvalue weighted by Gasteiger charge is -2.07. The Morgan fingerprint density at radius 2 is 2.30 bits per heavy atom. The summed E-state index contributed by atoms with van der Waals surface area (Å²) in [5.74, 6) is -0.279. The van der Waals surface area contributed by atoms with Crippen molar-refractivity contribution in [1.82, 2.24) is 9.78 Å². The molecule has 1 aromatic carbocycles. The molecule has 3 aromatic rings. The first kappa shape index (κ1) is 15.1. The highest BCUT2D eigenvalue weighted by Gasteiger charge is 2.10. The van der Waals surface area contributed by atoms with Gasteiger partial charge in [0.2, 0.25) is 0 Å². The normalized spacial score (nSPS) is 10.5. The molecule has 0 fully saturated rings. The number of anilines is 1. The van der Waals surface area contributed by atoms with Crippen molar-refractivity contribution in [2.75, 3.05) is 5.32 Å². The van der Waals surface area contributed by atoms with Crippen LogP contribution in [0, 0.1) is 5.82 Å². The molecule has 0 atom stereocenters. The molecule has 2 aromatic heterocycles. The summed E-state index contributed by atoms with van der Waals surface area (Å²) in [6.07, 6.45) is 4.47. The zero-order chi connectivity index (χ0) is 16.2. The van der Waals surface area contributed by atoms with Crippen LogP contribution in [-0.2, 0) is 6.73 Å². The molecule has 2 heterocycles. The van der Waals surface area contributed by atoms with E-state index in [-0.39, 0.29) is 23.4 Å². The first-order valence-corrected chi connectivity index (χ1v) is 6.95. The summed E-state index contributed by atoms with van der Waals surface area (Å²) in [6, 6.07) is 7.02. The molecule has 0 saturated heterocycles. The molecule has 3 rings (SSSR count). The monoisotopic (exact) mass is 335 g/mol. The zero-order valence-electron chi connectivity index (χ0n) is 11.7. The molecule has 23 heavy (non-hydrogen) atoms. The van der Waals surface area contributed by atoms with Crippen LogP contribution in [0.5, 0.6) is 5.75 Å². The summed E-state index contributed by atoms with van der Waals surface area (Å²) in [5.41, 5.74) is 0.486. The van der Waals surface area contributed by atoms with Gasteiger partial charge in [0, 0.05) is 0 Å². The smallest absolute Gasteiger partial charge is 0.291 e. The molecule has 0 aliphatic heterocycles. The Kier molecular flexibility index (Phi) is 4.29. The van der Waals surface area contributed by atoms with Crippen molar-refractivity contribution in [3.05, 3.63) is 65.6 Å². The van der Waals surface area contributed by atoms with Gasteiger partial charge in [-0.05, 0) is 30.3 Å². The minimum absolute atomic E-state index is 0.0575. The molecule has 0 bridgehead atoms. The number of benzene rings is 1. The van der Waals surface area contributed by atoms with E-state index in [9.17, 15) is 9.18 Å². The highest BCUT2D eigenvalue weighted by molar-refractivity contribution is 6.32. The van der Waals surface area contributed by atoms with E-state index in [2.05, 4.69) is 10.4 Å². The van der Waals surface area contributed by atoms with Gasteiger partial charge in [-0.1, -0.05) is 11.6 Å². The fourth-order valence-electron chi connectivity index (χ4n) is 1.83. The standard InChI is InChI=1S/C15H11ClFN3O3/c16-12-6-10(17)3-4-13(12)23-9-20-8-11(7-18-20)19-15(21)14-2-1-5-22-14/h1-8H,9H2,(H,19,21). The molecule has 0 spiro atoms. The average molecular weight is 336 g/mol. The van der Waals surface area contributed by atoms with E-state index in [1.807, 2.05) is 0 Å². The van der Waals surface area contributed by atoms with Crippen LogP contribution in [-0.4, -0.2) is 15.7 Å². The van der Waals surface area contributed by atoms with Crippen LogP contribution in [0.1, 0.15) is 10.6 Å². The second kappa shape index (κ2) is 6.53. The number of halogens is 2. The predicted molar refractivity (Wildman–Crippen MR) is 80.9 cm³/mol. The van der Waals surface area contributed by atoms with E-state index in [4.69, 9.17) is 20.8 Å². The van der Waals surface area contributed by atoms with Crippen LogP contribution in [0.25, 0.3) is 0 Å². The number of carbonyl (C=O) groups excluding carboxylic acids is 1. The third kappa shape index (κ3) is 3.70. The van der Waals surface area contributed by atoms with Gasteiger partial charge in [0.05, 0.1) is 29.4 Å². The third-order valence-corrected chi connectivity index (χ3v) is 3.18. The largest absolute Gasteiger partial charge is 0.470 e. The second-order valence-corrected chi connectivity index (χ2v) is 4.96. The van der Waals surface area contributed by atoms with Crippen molar-refractivity contribution < 1.29 is 18.3 Å². The molecule has 1 amide bonds. The first-order valence-electron chi connectivity index (χ1n) is 6.57. The lowest BCUT2D eigenvalue weighted by atomic mass is 10.3. The lowest BCUT2D eigenvalue weighted by Crippen LogP contribution is -2.10. The Balaban J connectivity index is 1.60. The topological polar surface area (TPSA) is 69.3 Å². The molecule has 0 unspecified atom stereocenters. The van der Waals surface area contributed by atoms with Crippen molar-refractivity contribution in [3.8, 4) is 5.75 Å². The van der Waals surface area contributed by atoms with Crippen LogP contribution >= 0.6 is 11.6 Å². The molecule has 8 heteroatoms. The van der Waals surface area contributed by atoms with Gasteiger partial charge in [0.15, 0.2) is 12.5 Å². The number of aromatic nitrogens is 2. The number of hydrogen-bond acceptors (Lipinski definition) is 4. The van der Waals surface area contributed by atoms with Crippen molar-refractivity contribution >= 4 is 23.2 Å². The Bertz CT molecular complexity index is 817. The van der Waals surface area contributed by atoms with Gasteiger partial charge < -0.3 is 14.5 Å². The fraction of sp³-hybridized carbons (Fsp3) is 0.0667. The molecule has 0 aliphatic rings. The number of furan rings is 1. The molecule has 118 valence electrons. The molecule has 1 N–H and O–H groups in total. The van der Waals surface area contributed by atoms with E-state index in [0.717, 1.165) is 6.07 Å². The van der Waals surface area contributed by atoms with Crippen LogP contribution < -0.4 is 10.1 Å². The van der Waals surface area contributed by atoms with Crippen molar-refractivity contribution in [1.29, 1.82) is 0 Å². The second-order valence-electron chi connectivity index (χ2n) is 4.55. The molecular formula is C15H11ClFN3O3. The number of amides is 1. The first-order chi connectivity index (χ1) is 11.1. The molecule has 0 radical (unpaired) electrons. The fourth-order valence-corrected chi connectivity index (χ4v) is 2.05. The van der Waals surface area contributed by atoms with Gasteiger partial charge in [-0.25, -0.2) is 9.07 Å². The number of hydrogen-bond donors (Lipinski definition) is 1. The molecule has 0 saturated carbocycles. The summed E-state index contributed by atoms with van der Waals surface area (Å²) in [4.78, 5) is 11.8. The molecule has 6 nitrogen and oxygen atoms in total. The predicted octanol–water partition coefficient (Wildman–Crippen LogP) is 3.56. The minimum Gasteiger partial charge on any atom is -0.470 e. The average Bonchev–Trinajstić information content (AvgIpc) is 3.17. The van der Waals surface area contributed by atoms with E-state index in [0.29, 0.717) is 11.4 Å². The third-order valence-electron chi connectivity index (χ3n) is 2.88. The van der Waals surface area contributed by atoms with E-state index in [1.54, 1.807) is 18.3 Å². The van der Waals surface area contributed by atoms with Gasteiger partial charge in [-0.2, -0.15) is 5.10 Å². The van der Waals surface area contributed by atoms with Crippen molar-refractivity contribution in [2.45, 2.75) is 6.73 Å². The molecular weight excluding hydrogens is 325 g/mol. The van der Waals surface area contributed by atoms with E-state index < -0.39 is 5.82 Å². The van der Waals surface area contributed by atoms with Gasteiger partial charge in [-0.15, -0.1) is 0 Å². The SMILES string of the molecule is O=C(Nc1cnn(COc2ccc(F)cc2Cl)c1)c1ccco1. The van der Waals surface area contributed by atoms with E-state index >= 15 is 0 Å².